The first-order valence-electron chi connectivity index (χ1n) is 6.54. The molecule has 0 bridgehead atoms. The topological polar surface area (TPSA) is 67.2 Å². The summed E-state index contributed by atoms with van der Waals surface area (Å²) in [5.41, 5.74) is 1.41. The molecule has 2 N–H and O–H groups in total. The van der Waals surface area contributed by atoms with Gasteiger partial charge in [-0.15, -0.1) is 0 Å². The van der Waals surface area contributed by atoms with E-state index in [0.29, 0.717) is 27.7 Å². The fourth-order valence-electron chi connectivity index (χ4n) is 2.17. The normalized spacial score (nSPS) is 10.6. The molecule has 3 aromatic rings. The van der Waals surface area contributed by atoms with Crippen LogP contribution in [0.15, 0.2) is 53.3 Å². The number of benzene rings is 2. The second kappa shape index (κ2) is 5.61. The standard InChI is InChI=1S/C16H13ClN2O3/c1-22-12-6-7-15(20)13(8-12)14-9-16(21)19(18-14)11-4-2-10(17)3-5-11/h2-9,18,20H,1H3. The van der Waals surface area contributed by atoms with Crippen LogP contribution in [-0.2, 0) is 0 Å². The third-order valence-corrected chi connectivity index (χ3v) is 3.55. The fourth-order valence-corrected chi connectivity index (χ4v) is 2.30. The molecule has 0 saturated heterocycles. The lowest BCUT2D eigenvalue weighted by Gasteiger charge is -2.06. The van der Waals surface area contributed by atoms with Crippen LogP contribution in [0, 0.1) is 0 Å². The van der Waals surface area contributed by atoms with E-state index in [1.54, 1.807) is 36.4 Å². The van der Waals surface area contributed by atoms with E-state index in [4.69, 9.17) is 16.3 Å². The van der Waals surface area contributed by atoms with Crippen LogP contribution in [0.3, 0.4) is 0 Å². The molecule has 0 unspecified atom stereocenters. The zero-order chi connectivity index (χ0) is 15.7. The monoisotopic (exact) mass is 316 g/mol. The van der Waals surface area contributed by atoms with Gasteiger partial charge in [0, 0.05) is 16.7 Å². The number of aromatic hydroxyl groups is 1. The van der Waals surface area contributed by atoms with Crippen molar-refractivity contribution in [2.75, 3.05) is 7.11 Å². The highest BCUT2D eigenvalue weighted by Crippen LogP contribution is 2.31. The Hall–Kier alpha value is -2.66. The highest BCUT2D eigenvalue weighted by Gasteiger charge is 2.11. The van der Waals surface area contributed by atoms with Crippen molar-refractivity contribution in [2.24, 2.45) is 0 Å². The van der Waals surface area contributed by atoms with Crippen molar-refractivity contribution in [3.63, 3.8) is 0 Å². The first kappa shape index (κ1) is 14.3. The van der Waals surface area contributed by atoms with Crippen LogP contribution in [0.25, 0.3) is 16.9 Å². The summed E-state index contributed by atoms with van der Waals surface area (Å²) in [4.78, 5) is 12.2. The predicted octanol–water partition coefficient (Wildman–Crippen LogP) is 3.20. The number of hydrogen-bond acceptors (Lipinski definition) is 3. The summed E-state index contributed by atoms with van der Waals surface area (Å²) in [6.07, 6.45) is 0. The molecule has 0 amide bonds. The van der Waals surface area contributed by atoms with Crippen LogP contribution in [0.4, 0.5) is 0 Å². The summed E-state index contributed by atoms with van der Waals surface area (Å²) >= 11 is 5.85. The molecule has 1 heterocycles. The third kappa shape index (κ3) is 2.58. The minimum Gasteiger partial charge on any atom is -0.507 e. The Morgan fingerprint density at radius 2 is 1.86 bits per heavy atom. The molecule has 2 aromatic carbocycles. The van der Waals surface area contributed by atoms with E-state index in [0.717, 1.165) is 0 Å². The van der Waals surface area contributed by atoms with Crippen molar-refractivity contribution in [1.82, 2.24) is 9.78 Å². The number of phenols is 1. The molecule has 0 aliphatic heterocycles. The minimum absolute atomic E-state index is 0.0605. The Kier molecular flexibility index (Phi) is 3.65. The molecule has 0 radical (unpaired) electrons. The zero-order valence-electron chi connectivity index (χ0n) is 11.7. The number of hydrogen-bond donors (Lipinski definition) is 2. The van der Waals surface area contributed by atoms with Crippen LogP contribution in [-0.4, -0.2) is 22.0 Å². The lowest BCUT2D eigenvalue weighted by atomic mass is 10.1. The number of rotatable bonds is 3. The average Bonchev–Trinajstić information content (AvgIpc) is 2.90. The van der Waals surface area contributed by atoms with E-state index in [1.807, 2.05) is 0 Å². The SMILES string of the molecule is COc1ccc(O)c(-c2cc(=O)n(-c3ccc(Cl)cc3)[nH]2)c1. The second-order valence-corrected chi connectivity index (χ2v) is 5.14. The lowest BCUT2D eigenvalue weighted by molar-refractivity contribution is 0.412. The van der Waals surface area contributed by atoms with Crippen molar-refractivity contribution in [3.05, 3.63) is 63.9 Å². The van der Waals surface area contributed by atoms with Gasteiger partial charge in [-0.25, -0.2) is 4.68 Å². The summed E-state index contributed by atoms with van der Waals surface area (Å²) in [6.45, 7) is 0. The lowest BCUT2D eigenvalue weighted by Crippen LogP contribution is -2.13. The Balaban J connectivity index is 2.09. The summed E-state index contributed by atoms with van der Waals surface area (Å²) in [6, 6.07) is 13.1. The largest absolute Gasteiger partial charge is 0.507 e. The maximum Gasteiger partial charge on any atom is 0.271 e. The molecule has 3 rings (SSSR count). The van der Waals surface area contributed by atoms with Crippen molar-refractivity contribution in [3.8, 4) is 28.4 Å². The summed E-state index contributed by atoms with van der Waals surface area (Å²) in [5, 5.41) is 13.5. The number of halogens is 1. The molecular weight excluding hydrogens is 304 g/mol. The number of nitrogens with one attached hydrogen (secondary N) is 1. The highest BCUT2D eigenvalue weighted by atomic mass is 35.5. The van der Waals surface area contributed by atoms with Gasteiger partial charge in [-0.3, -0.25) is 9.89 Å². The van der Waals surface area contributed by atoms with Crippen molar-refractivity contribution in [2.45, 2.75) is 0 Å². The molecule has 0 aliphatic carbocycles. The molecule has 0 spiro atoms. The number of phenolic OH excluding ortho intramolecular Hbond substituents is 1. The van der Waals surface area contributed by atoms with Crippen LogP contribution >= 0.6 is 11.6 Å². The highest BCUT2D eigenvalue weighted by molar-refractivity contribution is 6.30. The van der Waals surface area contributed by atoms with E-state index in [9.17, 15) is 9.90 Å². The Morgan fingerprint density at radius 1 is 1.14 bits per heavy atom. The number of aromatic amines is 1. The average molecular weight is 317 g/mol. The van der Waals surface area contributed by atoms with Gasteiger partial charge in [-0.2, -0.15) is 0 Å². The molecular formula is C16H13ClN2O3. The molecule has 0 atom stereocenters. The predicted molar refractivity (Wildman–Crippen MR) is 85.1 cm³/mol. The smallest absolute Gasteiger partial charge is 0.271 e. The van der Waals surface area contributed by atoms with Gasteiger partial charge in [0.05, 0.1) is 18.5 Å². The fraction of sp³-hybridized carbons (Fsp3) is 0.0625. The molecule has 0 fully saturated rings. The molecule has 6 heteroatoms. The van der Waals surface area contributed by atoms with Gasteiger partial charge in [0.15, 0.2) is 0 Å². The third-order valence-electron chi connectivity index (χ3n) is 3.30. The Morgan fingerprint density at radius 3 is 2.55 bits per heavy atom. The quantitative estimate of drug-likeness (QED) is 0.779. The number of ether oxygens (including phenoxy) is 1. The summed E-state index contributed by atoms with van der Waals surface area (Å²) in [7, 11) is 1.54. The van der Waals surface area contributed by atoms with Crippen LogP contribution < -0.4 is 10.3 Å². The maximum atomic E-state index is 12.2. The molecule has 22 heavy (non-hydrogen) atoms. The molecule has 112 valence electrons. The zero-order valence-corrected chi connectivity index (χ0v) is 12.5. The van der Waals surface area contributed by atoms with Crippen LogP contribution in [0.5, 0.6) is 11.5 Å². The van der Waals surface area contributed by atoms with Gasteiger partial charge < -0.3 is 9.84 Å². The van der Waals surface area contributed by atoms with Gasteiger partial charge in [-0.05, 0) is 42.5 Å². The molecule has 1 aromatic heterocycles. The van der Waals surface area contributed by atoms with E-state index in [1.165, 1.54) is 23.9 Å². The minimum atomic E-state index is -0.237. The van der Waals surface area contributed by atoms with Crippen molar-refractivity contribution < 1.29 is 9.84 Å². The van der Waals surface area contributed by atoms with E-state index >= 15 is 0 Å². The number of H-pyrrole nitrogens is 1. The van der Waals surface area contributed by atoms with Crippen molar-refractivity contribution >= 4 is 11.6 Å². The first-order valence-corrected chi connectivity index (χ1v) is 6.91. The van der Waals surface area contributed by atoms with E-state index in [2.05, 4.69) is 5.10 Å². The molecule has 5 nitrogen and oxygen atoms in total. The van der Waals surface area contributed by atoms with E-state index < -0.39 is 0 Å². The molecule has 0 saturated carbocycles. The van der Waals surface area contributed by atoms with Crippen molar-refractivity contribution in [1.29, 1.82) is 0 Å². The number of aromatic nitrogens is 2. The Labute approximate surface area is 131 Å². The van der Waals surface area contributed by atoms with E-state index in [-0.39, 0.29) is 11.3 Å². The van der Waals surface area contributed by atoms with Gasteiger partial charge >= 0.3 is 0 Å². The van der Waals surface area contributed by atoms with Gasteiger partial charge in [0.2, 0.25) is 0 Å². The Bertz CT molecular complexity index is 866. The second-order valence-electron chi connectivity index (χ2n) is 4.70. The number of methoxy groups -OCH3 is 1. The summed E-state index contributed by atoms with van der Waals surface area (Å²) < 4.78 is 6.52. The van der Waals surface area contributed by atoms with Gasteiger partial charge in [-0.1, -0.05) is 11.6 Å². The summed E-state index contributed by atoms with van der Waals surface area (Å²) in [5.74, 6) is 0.651. The van der Waals surface area contributed by atoms with Crippen LogP contribution in [0.1, 0.15) is 0 Å². The molecule has 0 aliphatic rings. The van der Waals surface area contributed by atoms with Crippen LogP contribution in [0.2, 0.25) is 5.02 Å². The van der Waals surface area contributed by atoms with Gasteiger partial charge in [0.1, 0.15) is 11.5 Å². The first-order chi connectivity index (χ1) is 10.6. The number of nitrogens with zero attached hydrogens (tertiary/aromatic N) is 1. The van der Waals surface area contributed by atoms with Gasteiger partial charge in [0.25, 0.3) is 5.56 Å². The maximum absolute atomic E-state index is 12.2.